The molecule has 26 heavy (non-hydrogen) atoms. The maximum atomic E-state index is 13.0. The van der Waals surface area contributed by atoms with E-state index in [2.05, 4.69) is 6.92 Å². The van der Waals surface area contributed by atoms with Crippen LogP contribution < -0.4 is 0 Å². The number of carbonyl (C=O) groups excluding carboxylic acids is 2. The summed E-state index contributed by atoms with van der Waals surface area (Å²) in [5.41, 5.74) is 3.48. The van der Waals surface area contributed by atoms with Crippen LogP contribution in [-0.4, -0.2) is 43.1 Å². The van der Waals surface area contributed by atoms with Crippen molar-refractivity contribution in [1.29, 1.82) is 0 Å². The molecule has 3 rings (SSSR count). The molecule has 138 valence electrons. The van der Waals surface area contributed by atoms with E-state index in [0.717, 1.165) is 31.4 Å². The second kappa shape index (κ2) is 7.87. The van der Waals surface area contributed by atoms with E-state index >= 15 is 0 Å². The van der Waals surface area contributed by atoms with Gasteiger partial charge in [-0.1, -0.05) is 31.2 Å². The van der Waals surface area contributed by atoms with E-state index in [0.29, 0.717) is 23.4 Å². The summed E-state index contributed by atoms with van der Waals surface area (Å²) in [6, 6.07) is 7.99. The fourth-order valence-corrected chi connectivity index (χ4v) is 3.46. The highest BCUT2D eigenvalue weighted by atomic mass is 16.5. The first-order chi connectivity index (χ1) is 12.5. The first-order valence-electron chi connectivity index (χ1n) is 9.08. The van der Waals surface area contributed by atoms with E-state index in [-0.39, 0.29) is 12.0 Å². The summed E-state index contributed by atoms with van der Waals surface area (Å²) in [5, 5.41) is 0. The minimum Gasteiger partial charge on any atom is -0.465 e. The van der Waals surface area contributed by atoms with E-state index in [4.69, 9.17) is 9.47 Å². The first kappa shape index (κ1) is 18.4. The second-order valence-corrected chi connectivity index (χ2v) is 6.66. The van der Waals surface area contributed by atoms with Gasteiger partial charge < -0.3 is 14.4 Å². The molecule has 1 atom stereocenters. The molecule has 1 fully saturated rings. The summed E-state index contributed by atoms with van der Waals surface area (Å²) in [6.07, 6.45) is 4.69. The number of allylic oxidation sites excluding steroid dienone is 1. The van der Waals surface area contributed by atoms with E-state index in [1.54, 1.807) is 17.9 Å². The normalized spacial score (nSPS) is 21.8. The van der Waals surface area contributed by atoms with Crippen molar-refractivity contribution in [3.05, 3.63) is 52.2 Å². The summed E-state index contributed by atoms with van der Waals surface area (Å²) in [4.78, 5) is 27.0. The summed E-state index contributed by atoms with van der Waals surface area (Å²) in [7, 11) is 1.34. The molecule has 1 amide bonds. The zero-order valence-electron chi connectivity index (χ0n) is 15.6. The summed E-state index contributed by atoms with van der Waals surface area (Å²) in [5.74, 6) is -0.653. The Bertz CT molecular complexity index is 755. The van der Waals surface area contributed by atoms with Crippen LogP contribution >= 0.6 is 0 Å². The highest BCUT2D eigenvalue weighted by Crippen LogP contribution is 2.32. The number of aryl methyl sites for hydroxylation is 1. The number of nitrogens with zero attached hydrogens (tertiary/aromatic N) is 1. The van der Waals surface area contributed by atoms with Crippen molar-refractivity contribution >= 4 is 18.0 Å². The topological polar surface area (TPSA) is 55.8 Å². The third-order valence-corrected chi connectivity index (χ3v) is 5.01. The van der Waals surface area contributed by atoms with Gasteiger partial charge in [0.05, 0.1) is 30.9 Å². The zero-order chi connectivity index (χ0) is 18.7. The molecule has 0 spiro atoms. The van der Waals surface area contributed by atoms with Crippen molar-refractivity contribution in [2.24, 2.45) is 0 Å². The molecule has 2 heterocycles. The Labute approximate surface area is 154 Å². The second-order valence-electron chi connectivity index (χ2n) is 6.66. The van der Waals surface area contributed by atoms with Crippen LogP contribution in [0.5, 0.6) is 0 Å². The van der Waals surface area contributed by atoms with Crippen molar-refractivity contribution in [3.8, 4) is 0 Å². The maximum absolute atomic E-state index is 13.0. The monoisotopic (exact) mass is 355 g/mol. The highest BCUT2D eigenvalue weighted by Gasteiger charge is 2.38. The van der Waals surface area contributed by atoms with Crippen LogP contribution in [0.25, 0.3) is 6.08 Å². The third kappa shape index (κ3) is 3.58. The SMILES string of the molecule is CCc1ccc(/C=C2\C(=O)N(C[C@@H]3CCCO3)C(C)=C2C(=O)OC)cc1. The fourth-order valence-electron chi connectivity index (χ4n) is 3.46. The fraction of sp³-hybridized carbons (Fsp3) is 0.429. The molecule has 1 aromatic rings. The van der Waals surface area contributed by atoms with Gasteiger partial charge in [-0.05, 0) is 43.4 Å². The number of hydrogen-bond acceptors (Lipinski definition) is 4. The largest absolute Gasteiger partial charge is 0.465 e. The van der Waals surface area contributed by atoms with Gasteiger partial charge in [0.25, 0.3) is 5.91 Å². The van der Waals surface area contributed by atoms with Crippen LogP contribution in [0.4, 0.5) is 0 Å². The lowest BCUT2D eigenvalue weighted by molar-refractivity contribution is -0.136. The van der Waals surface area contributed by atoms with E-state index in [1.807, 2.05) is 24.3 Å². The van der Waals surface area contributed by atoms with Crippen molar-refractivity contribution in [3.63, 3.8) is 0 Å². The Kier molecular flexibility index (Phi) is 5.57. The lowest BCUT2D eigenvalue weighted by Gasteiger charge is -2.21. The molecule has 0 radical (unpaired) electrons. The summed E-state index contributed by atoms with van der Waals surface area (Å²) >= 11 is 0. The number of benzene rings is 1. The van der Waals surface area contributed by atoms with E-state index in [1.165, 1.54) is 12.7 Å². The molecular weight excluding hydrogens is 330 g/mol. The van der Waals surface area contributed by atoms with Crippen LogP contribution in [0, 0.1) is 0 Å². The van der Waals surface area contributed by atoms with E-state index in [9.17, 15) is 9.59 Å². The number of methoxy groups -OCH3 is 1. The van der Waals surface area contributed by atoms with Gasteiger partial charge in [-0.25, -0.2) is 4.79 Å². The minimum absolute atomic E-state index is 0.0241. The minimum atomic E-state index is -0.484. The zero-order valence-corrected chi connectivity index (χ0v) is 15.6. The quantitative estimate of drug-likeness (QED) is 0.602. The highest BCUT2D eigenvalue weighted by molar-refractivity contribution is 6.16. The molecule has 1 saturated heterocycles. The molecule has 0 bridgehead atoms. The molecule has 0 unspecified atom stereocenters. The molecule has 2 aliphatic rings. The van der Waals surface area contributed by atoms with E-state index < -0.39 is 5.97 Å². The number of carbonyl (C=O) groups is 2. The number of amides is 1. The summed E-state index contributed by atoms with van der Waals surface area (Å²) in [6.45, 7) is 5.08. The Morgan fingerprint density at radius 3 is 2.65 bits per heavy atom. The Morgan fingerprint density at radius 1 is 1.35 bits per heavy atom. The summed E-state index contributed by atoms with van der Waals surface area (Å²) < 4.78 is 10.6. The molecule has 0 saturated carbocycles. The molecule has 5 heteroatoms. The maximum Gasteiger partial charge on any atom is 0.340 e. The molecule has 0 aliphatic carbocycles. The Morgan fingerprint density at radius 2 is 2.08 bits per heavy atom. The molecule has 2 aliphatic heterocycles. The molecular formula is C21H25NO4. The average molecular weight is 355 g/mol. The van der Waals surface area contributed by atoms with Crippen LogP contribution in [0.2, 0.25) is 0 Å². The lowest BCUT2D eigenvalue weighted by Crippen LogP contribution is -2.33. The number of rotatable bonds is 5. The smallest absolute Gasteiger partial charge is 0.340 e. The standard InChI is InChI=1S/C21H25NO4/c1-4-15-7-9-16(10-8-15)12-18-19(21(24)25-3)14(2)22(20(18)23)13-17-6-5-11-26-17/h7-10,12,17H,4-6,11,13H2,1-3H3/b18-12-/t17-/m0/s1. The van der Waals surface area contributed by atoms with Crippen molar-refractivity contribution in [2.75, 3.05) is 20.3 Å². The van der Waals surface area contributed by atoms with Gasteiger partial charge in [-0.15, -0.1) is 0 Å². The molecule has 5 nitrogen and oxygen atoms in total. The molecule has 0 N–H and O–H groups in total. The predicted molar refractivity (Wildman–Crippen MR) is 99.2 cm³/mol. The predicted octanol–water partition coefficient (Wildman–Crippen LogP) is 3.10. The average Bonchev–Trinajstić information content (AvgIpc) is 3.25. The Hall–Kier alpha value is -2.40. The Balaban J connectivity index is 1.94. The lowest BCUT2D eigenvalue weighted by atomic mass is 10.0. The third-order valence-electron chi connectivity index (χ3n) is 5.01. The van der Waals surface area contributed by atoms with Gasteiger partial charge >= 0.3 is 5.97 Å². The van der Waals surface area contributed by atoms with Crippen molar-refractivity contribution in [1.82, 2.24) is 4.90 Å². The molecule has 0 aromatic heterocycles. The number of hydrogen-bond donors (Lipinski definition) is 0. The van der Waals surface area contributed by atoms with Gasteiger partial charge in [0.15, 0.2) is 0 Å². The molecule has 1 aromatic carbocycles. The van der Waals surface area contributed by atoms with Gasteiger partial charge in [0, 0.05) is 12.3 Å². The first-order valence-corrected chi connectivity index (χ1v) is 9.08. The van der Waals surface area contributed by atoms with Crippen LogP contribution in [0.15, 0.2) is 41.1 Å². The van der Waals surface area contributed by atoms with Gasteiger partial charge in [0.2, 0.25) is 0 Å². The van der Waals surface area contributed by atoms with Gasteiger partial charge in [0.1, 0.15) is 0 Å². The van der Waals surface area contributed by atoms with Gasteiger partial charge in [-0.3, -0.25) is 4.79 Å². The van der Waals surface area contributed by atoms with Crippen LogP contribution in [0.1, 0.15) is 37.8 Å². The van der Waals surface area contributed by atoms with Gasteiger partial charge in [-0.2, -0.15) is 0 Å². The van der Waals surface area contributed by atoms with Crippen molar-refractivity contribution < 1.29 is 19.1 Å². The number of ether oxygens (including phenoxy) is 2. The van der Waals surface area contributed by atoms with Crippen LogP contribution in [-0.2, 0) is 25.5 Å². The van der Waals surface area contributed by atoms with Crippen LogP contribution in [0.3, 0.4) is 0 Å². The number of esters is 1. The van der Waals surface area contributed by atoms with Crippen molar-refractivity contribution in [2.45, 2.75) is 39.2 Å².